The monoisotopic (exact) mass is 284 g/mol. The largest absolute Gasteiger partial charge is 0.412 e. The molecule has 0 aliphatic carbocycles. The zero-order chi connectivity index (χ0) is 12.6. The molecule has 1 aromatic rings. The van der Waals surface area contributed by atoms with E-state index in [2.05, 4.69) is 0 Å². The first-order chi connectivity index (χ1) is 7.16. The summed E-state index contributed by atoms with van der Waals surface area (Å²) >= 11 is 0. The molecule has 0 radical (unpaired) electrons. The highest BCUT2D eigenvalue weighted by Crippen LogP contribution is 2.19. The van der Waals surface area contributed by atoms with Crippen LogP contribution >= 0.6 is 0 Å². The van der Waals surface area contributed by atoms with Gasteiger partial charge in [0, 0.05) is 5.56 Å². The average Bonchev–Trinajstić information content (AvgIpc) is 2.14. The van der Waals surface area contributed by atoms with E-state index in [1.54, 1.807) is 0 Å². The van der Waals surface area contributed by atoms with Gasteiger partial charge >= 0.3 is 0 Å². The summed E-state index contributed by atoms with van der Waals surface area (Å²) in [7, 11) is -9.34. The van der Waals surface area contributed by atoms with Gasteiger partial charge in [0.2, 0.25) is 0 Å². The predicted octanol–water partition coefficient (Wildman–Crippen LogP) is -0.832. The number of benzene rings is 1. The van der Waals surface area contributed by atoms with Crippen LogP contribution in [0.3, 0.4) is 0 Å². The summed E-state index contributed by atoms with van der Waals surface area (Å²) in [6, 6.07) is 2.20. The Hall–Kier alpha value is -1.33. The van der Waals surface area contributed by atoms with E-state index in [0.717, 1.165) is 12.1 Å². The summed E-state index contributed by atoms with van der Waals surface area (Å²) < 4.78 is 60.4. The van der Waals surface area contributed by atoms with Crippen LogP contribution in [-0.2, 0) is 20.2 Å². The molecular formula is C7H8O8S2. The van der Waals surface area contributed by atoms with Gasteiger partial charge in [0.1, 0.15) is 4.90 Å². The Kier molecular flexibility index (Phi) is 4.51. The van der Waals surface area contributed by atoms with Crippen molar-refractivity contribution in [3.8, 4) is 0 Å². The SMILES string of the molecule is O.O=Cc1ccc(S(=O)(=O)O)cc1S(=O)(=O)O. The fraction of sp³-hybridized carbons (Fsp3) is 0. The minimum absolute atomic E-state index is 0. The summed E-state index contributed by atoms with van der Waals surface area (Å²) in [5.41, 5.74) is -0.407. The van der Waals surface area contributed by atoms with E-state index in [1.165, 1.54) is 0 Å². The van der Waals surface area contributed by atoms with E-state index < -0.39 is 35.6 Å². The van der Waals surface area contributed by atoms with Gasteiger partial charge in [0.05, 0.1) is 4.90 Å². The fourth-order valence-corrected chi connectivity index (χ4v) is 2.27. The van der Waals surface area contributed by atoms with Gasteiger partial charge in [-0.2, -0.15) is 16.8 Å². The Labute approximate surface area is 96.7 Å². The summed E-state index contributed by atoms with van der Waals surface area (Å²) in [5.74, 6) is 0. The zero-order valence-electron chi connectivity index (χ0n) is 8.06. The number of aldehydes is 1. The van der Waals surface area contributed by atoms with Crippen LogP contribution in [0.1, 0.15) is 10.4 Å². The van der Waals surface area contributed by atoms with Crippen LogP contribution in [0.25, 0.3) is 0 Å². The maximum absolute atomic E-state index is 10.8. The second-order valence-electron chi connectivity index (χ2n) is 2.77. The lowest BCUT2D eigenvalue weighted by Gasteiger charge is -2.03. The Balaban J connectivity index is 0.00000256. The molecule has 4 N–H and O–H groups in total. The van der Waals surface area contributed by atoms with Crippen LogP contribution in [-0.4, -0.2) is 37.7 Å². The molecule has 96 valence electrons. The third-order valence-electron chi connectivity index (χ3n) is 1.69. The minimum atomic E-state index is -4.74. The van der Waals surface area contributed by atoms with Gasteiger partial charge in [-0.1, -0.05) is 0 Å². The molecule has 0 aromatic heterocycles. The number of carbonyl (C=O) groups is 1. The van der Waals surface area contributed by atoms with Crippen LogP contribution in [0.2, 0.25) is 0 Å². The van der Waals surface area contributed by atoms with Crippen molar-refractivity contribution < 1.29 is 36.2 Å². The first-order valence-electron chi connectivity index (χ1n) is 3.70. The fourth-order valence-electron chi connectivity index (χ4n) is 0.996. The van der Waals surface area contributed by atoms with E-state index in [4.69, 9.17) is 9.11 Å². The first-order valence-corrected chi connectivity index (χ1v) is 6.58. The van der Waals surface area contributed by atoms with Gasteiger partial charge in [-0.05, 0) is 18.2 Å². The van der Waals surface area contributed by atoms with Gasteiger partial charge in [0.25, 0.3) is 20.2 Å². The van der Waals surface area contributed by atoms with Crippen molar-refractivity contribution in [1.29, 1.82) is 0 Å². The molecule has 0 unspecified atom stereocenters. The molecule has 0 amide bonds. The second-order valence-corrected chi connectivity index (χ2v) is 5.58. The highest BCUT2D eigenvalue weighted by atomic mass is 32.2. The molecule has 1 aromatic carbocycles. The van der Waals surface area contributed by atoms with Crippen LogP contribution < -0.4 is 0 Å². The Morgan fingerprint density at radius 3 is 1.88 bits per heavy atom. The van der Waals surface area contributed by atoms with E-state index in [1.807, 2.05) is 0 Å². The molecule has 17 heavy (non-hydrogen) atoms. The standard InChI is InChI=1S/C7H6O7S2.H2O/c8-4-5-1-2-6(15(9,10)11)3-7(5)16(12,13)14;/h1-4H,(H,9,10,11)(H,12,13,14);1H2. The number of hydrogen-bond donors (Lipinski definition) is 2. The third-order valence-corrected chi connectivity index (χ3v) is 3.45. The lowest BCUT2D eigenvalue weighted by atomic mass is 10.2. The van der Waals surface area contributed by atoms with E-state index in [-0.39, 0.29) is 11.8 Å². The lowest BCUT2D eigenvalue weighted by Crippen LogP contribution is -2.06. The van der Waals surface area contributed by atoms with Crippen molar-refractivity contribution in [3.05, 3.63) is 23.8 Å². The predicted molar refractivity (Wildman–Crippen MR) is 55.1 cm³/mol. The first kappa shape index (κ1) is 15.7. The minimum Gasteiger partial charge on any atom is -0.412 e. The van der Waals surface area contributed by atoms with Gasteiger partial charge in [-0.15, -0.1) is 0 Å². The molecule has 0 aliphatic heterocycles. The maximum Gasteiger partial charge on any atom is 0.295 e. The van der Waals surface area contributed by atoms with Crippen molar-refractivity contribution in [2.24, 2.45) is 0 Å². The molecule has 0 aliphatic rings. The molecule has 0 bridgehead atoms. The van der Waals surface area contributed by atoms with Crippen LogP contribution in [0.15, 0.2) is 28.0 Å². The summed E-state index contributed by atoms with van der Waals surface area (Å²) in [6.07, 6.45) is 0.136. The Bertz CT molecular complexity index is 628. The van der Waals surface area contributed by atoms with Gasteiger partial charge in [0.15, 0.2) is 6.29 Å². The zero-order valence-corrected chi connectivity index (χ0v) is 9.69. The normalized spacial score (nSPS) is 11.6. The maximum atomic E-state index is 10.8. The topological polar surface area (TPSA) is 157 Å². The summed E-state index contributed by atoms with van der Waals surface area (Å²) in [6.45, 7) is 0. The van der Waals surface area contributed by atoms with Crippen LogP contribution in [0.4, 0.5) is 0 Å². The highest BCUT2D eigenvalue weighted by Gasteiger charge is 2.19. The molecule has 0 saturated heterocycles. The van der Waals surface area contributed by atoms with E-state index in [9.17, 15) is 21.6 Å². The highest BCUT2D eigenvalue weighted by molar-refractivity contribution is 7.86. The van der Waals surface area contributed by atoms with Crippen molar-refractivity contribution >= 4 is 26.5 Å². The molecule has 0 spiro atoms. The Morgan fingerprint density at radius 2 is 1.53 bits per heavy atom. The van der Waals surface area contributed by atoms with Crippen molar-refractivity contribution in [2.45, 2.75) is 9.79 Å². The Morgan fingerprint density at radius 1 is 1.00 bits per heavy atom. The lowest BCUT2D eigenvalue weighted by molar-refractivity contribution is 0.112. The molecule has 8 nitrogen and oxygen atoms in total. The molecule has 0 saturated carbocycles. The second kappa shape index (κ2) is 4.89. The van der Waals surface area contributed by atoms with Crippen molar-refractivity contribution in [2.75, 3.05) is 0 Å². The van der Waals surface area contributed by atoms with Crippen molar-refractivity contribution in [1.82, 2.24) is 0 Å². The van der Waals surface area contributed by atoms with Crippen LogP contribution in [0.5, 0.6) is 0 Å². The van der Waals surface area contributed by atoms with Gasteiger partial charge < -0.3 is 5.48 Å². The van der Waals surface area contributed by atoms with E-state index >= 15 is 0 Å². The average molecular weight is 284 g/mol. The van der Waals surface area contributed by atoms with Gasteiger partial charge in [-0.25, -0.2) is 0 Å². The smallest absolute Gasteiger partial charge is 0.295 e. The number of carbonyl (C=O) groups excluding carboxylic acids is 1. The van der Waals surface area contributed by atoms with Gasteiger partial charge in [-0.3, -0.25) is 13.9 Å². The summed E-state index contributed by atoms with van der Waals surface area (Å²) in [5, 5.41) is 0. The van der Waals surface area contributed by atoms with E-state index in [0.29, 0.717) is 6.07 Å². The number of rotatable bonds is 3. The summed E-state index contributed by atoms with van der Waals surface area (Å²) in [4.78, 5) is 8.84. The molecular weight excluding hydrogens is 276 g/mol. The molecule has 10 heteroatoms. The molecule has 0 atom stereocenters. The molecule has 0 heterocycles. The number of hydrogen-bond acceptors (Lipinski definition) is 5. The molecule has 0 fully saturated rings. The quantitative estimate of drug-likeness (QED) is 0.541. The van der Waals surface area contributed by atoms with Crippen molar-refractivity contribution in [3.63, 3.8) is 0 Å². The third kappa shape index (κ3) is 3.57. The van der Waals surface area contributed by atoms with Crippen LogP contribution in [0, 0.1) is 0 Å². The molecule has 1 rings (SSSR count).